The van der Waals surface area contributed by atoms with Gasteiger partial charge in [-0.2, -0.15) is 4.31 Å². The van der Waals surface area contributed by atoms with Crippen molar-refractivity contribution < 1.29 is 13.2 Å². The van der Waals surface area contributed by atoms with E-state index in [2.05, 4.69) is 0 Å². The molecule has 1 aromatic rings. The van der Waals surface area contributed by atoms with Crippen molar-refractivity contribution in [2.45, 2.75) is 31.8 Å². The summed E-state index contributed by atoms with van der Waals surface area (Å²) in [7, 11) is -3.38. The monoisotopic (exact) mass is 269 g/mol. The standard InChI is InChI=1S/C13H19NO3S/c1-10-4-5-13(8-11(10)2)18(15,16)14-6-7-17-12(3)9-14/h4-5,8,12H,6-7,9H2,1-3H3/t12-/m1/s1. The van der Waals surface area contributed by atoms with Crippen molar-refractivity contribution in [3.63, 3.8) is 0 Å². The van der Waals surface area contributed by atoms with Crippen LogP contribution in [0.1, 0.15) is 18.1 Å². The molecule has 1 aliphatic rings. The van der Waals surface area contributed by atoms with E-state index < -0.39 is 10.0 Å². The molecule has 0 N–H and O–H groups in total. The number of sulfonamides is 1. The summed E-state index contributed by atoms with van der Waals surface area (Å²) in [6.45, 7) is 7.11. The van der Waals surface area contributed by atoms with Crippen LogP contribution in [0.4, 0.5) is 0 Å². The van der Waals surface area contributed by atoms with E-state index in [9.17, 15) is 8.42 Å². The fraction of sp³-hybridized carbons (Fsp3) is 0.538. The number of hydrogen-bond donors (Lipinski definition) is 0. The smallest absolute Gasteiger partial charge is 0.243 e. The number of hydrogen-bond acceptors (Lipinski definition) is 3. The van der Waals surface area contributed by atoms with Gasteiger partial charge in [0.15, 0.2) is 0 Å². The van der Waals surface area contributed by atoms with Crippen LogP contribution in [-0.4, -0.2) is 38.5 Å². The third-order valence-corrected chi connectivity index (χ3v) is 5.18. The summed E-state index contributed by atoms with van der Waals surface area (Å²) >= 11 is 0. The van der Waals surface area contributed by atoms with Gasteiger partial charge in [0.2, 0.25) is 10.0 Å². The first-order valence-electron chi connectivity index (χ1n) is 6.10. The zero-order valence-corrected chi connectivity index (χ0v) is 11.8. The second-order valence-electron chi connectivity index (χ2n) is 4.79. The molecule has 0 spiro atoms. The first-order chi connectivity index (χ1) is 8.41. The van der Waals surface area contributed by atoms with E-state index in [1.54, 1.807) is 12.1 Å². The number of ether oxygens (including phenoxy) is 1. The highest BCUT2D eigenvalue weighted by molar-refractivity contribution is 7.89. The van der Waals surface area contributed by atoms with Gasteiger partial charge in [0.25, 0.3) is 0 Å². The third kappa shape index (κ3) is 2.58. The minimum atomic E-state index is -3.38. The quantitative estimate of drug-likeness (QED) is 0.821. The van der Waals surface area contributed by atoms with Crippen LogP contribution >= 0.6 is 0 Å². The minimum absolute atomic E-state index is 0.0416. The SMILES string of the molecule is Cc1ccc(S(=O)(=O)N2CCO[C@H](C)C2)cc1C. The Balaban J connectivity index is 2.32. The summed E-state index contributed by atoms with van der Waals surface area (Å²) in [5.74, 6) is 0. The molecule has 0 saturated carbocycles. The van der Waals surface area contributed by atoms with Crippen LogP contribution in [0, 0.1) is 13.8 Å². The third-order valence-electron chi connectivity index (χ3n) is 3.32. The molecule has 18 heavy (non-hydrogen) atoms. The minimum Gasteiger partial charge on any atom is -0.376 e. The average molecular weight is 269 g/mol. The first-order valence-corrected chi connectivity index (χ1v) is 7.54. The topological polar surface area (TPSA) is 46.6 Å². The lowest BCUT2D eigenvalue weighted by atomic mass is 10.1. The fourth-order valence-electron chi connectivity index (χ4n) is 2.03. The van der Waals surface area contributed by atoms with Crippen molar-refractivity contribution in [3.05, 3.63) is 29.3 Å². The zero-order chi connectivity index (χ0) is 13.3. The van der Waals surface area contributed by atoms with Crippen LogP contribution < -0.4 is 0 Å². The Morgan fingerprint density at radius 3 is 2.61 bits per heavy atom. The van der Waals surface area contributed by atoms with Crippen LogP contribution in [0.15, 0.2) is 23.1 Å². The van der Waals surface area contributed by atoms with Crippen LogP contribution in [0.5, 0.6) is 0 Å². The maximum Gasteiger partial charge on any atom is 0.243 e. The van der Waals surface area contributed by atoms with Crippen molar-refractivity contribution in [3.8, 4) is 0 Å². The van der Waals surface area contributed by atoms with Crippen LogP contribution in [0.25, 0.3) is 0 Å². The summed E-state index contributed by atoms with van der Waals surface area (Å²) in [5, 5.41) is 0. The largest absolute Gasteiger partial charge is 0.376 e. The highest BCUT2D eigenvalue weighted by atomic mass is 32.2. The van der Waals surface area contributed by atoms with Crippen LogP contribution in [0.2, 0.25) is 0 Å². The molecule has 0 aliphatic carbocycles. The Hall–Kier alpha value is -0.910. The molecular formula is C13H19NO3S. The summed E-state index contributed by atoms with van der Waals surface area (Å²) in [4.78, 5) is 0.375. The second kappa shape index (κ2) is 4.99. The van der Waals surface area contributed by atoms with Gasteiger partial charge < -0.3 is 4.74 Å². The molecule has 0 amide bonds. The summed E-state index contributed by atoms with van der Waals surface area (Å²) < 4.78 is 31.8. The number of morpholine rings is 1. The second-order valence-corrected chi connectivity index (χ2v) is 6.73. The van der Waals surface area contributed by atoms with Gasteiger partial charge in [-0.15, -0.1) is 0 Å². The van der Waals surface area contributed by atoms with Gasteiger partial charge >= 0.3 is 0 Å². The maximum absolute atomic E-state index is 12.5. The Labute approximate surface area is 109 Å². The molecule has 1 atom stereocenters. The van der Waals surface area contributed by atoms with Crippen molar-refractivity contribution >= 4 is 10.0 Å². The molecule has 5 heteroatoms. The van der Waals surface area contributed by atoms with Crippen LogP contribution in [-0.2, 0) is 14.8 Å². The predicted octanol–water partition coefficient (Wildman–Crippen LogP) is 1.71. The lowest BCUT2D eigenvalue weighted by Crippen LogP contribution is -2.44. The van der Waals surface area contributed by atoms with Gasteiger partial charge in [0.1, 0.15) is 0 Å². The van der Waals surface area contributed by atoms with Gasteiger partial charge in [0.05, 0.1) is 17.6 Å². The fourth-order valence-corrected chi connectivity index (χ4v) is 3.61. The molecule has 2 rings (SSSR count). The molecule has 1 aliphatic heterocycles. The van der Waals surface area contributed by atoms with E-state index in [0.29, 0.717) is 24.6 Å². The molecule has 0 aromatic heterocycles. The number of benzene rings is 1. The van der Waals surface area contributed by atoms with Crippen molar-refractivity contribution in [1.29, 1.82) is 0 Å². The van der Waals surface area contributed by atoms with Crippen molar-refractivity contribution in [2.75, 3.05) is 19.7 Å². The molecule has 1 fully saturated rings. The maximum atomic E-state index is 12.5. The van der Waals surface area contributed by atoms with Gasteiger partial charge in [-0.25, -0.2) is 8.42 Å². The Morgan fingerprint density at radius 2 is 2.00 bits per heavy atom. The number of aryl methyl sites for hydroxylation is 2. The Bertz CT molecular complexity index is 539. The summed E-state index contributed by atoms with van der Waals surface area (Å²) in [6.07, 6.45) is -0.0416. The van der Waals surface area contributed by atoms with E-state index in [1.807, 2.05) is 26.8 Å². The molecule has 0 radical (unpaired) electrons. The lowest BCUT2D eigenvalue weighted by molar-refractivity contribution is 0.0102. The normalized spacial score (nSPS) is 22.1. The molecular weight excluding hydrogens is 250 g/mol. The number of rotatable bonds is 2. The lowest BCUT2D eigenvalue weighted by Gasteiger charge is -2.30. The van der Waals surface area contributed by atoms with E-state index in [-0.39, 0.29) is 6.10 Å². The van der Waals surface area contributed by atoms with Gasteiger partial charge in [-0.3, -0.25) is 0 Å². The zero-order valence-electron chi connectivity index (χ0n) is 11.0. The predicted molar refractivity (Wildman–Crippen MR) is 70.1 cm³/mol. The summed E-state index contributed by atoms with van der Waals surface area (Å²) in [5.41, 5.74) is 2.10. The summed E-state index contributed by atoms with van der Waals surface area (Å²) in [6, 6.07) is 5.27. The van der Waals surface area contributed by atoms with Crippen LogP contribution in [0.3, 0.4) is 0 Å². The molecule has 100 valence electrons. The molecule has 4 nitrogen and oxygen atoms in total. The average Bonchev–Trinajstić information content (AvgIpc) is 2.32. The van der Waals surface area contributed by atoms with E-state index in [1.165, 1.54) is 4.31 Å². The van der Waals surface area contributed by atoms with Gasteiger partial charge in [-0.05, 0) is 44.0 Å². The molecule has 0 unspecified atom stereocenters. The molecule has 1 aromatic carbocycles. The van der Waals surface area contributed by atoms with Crippen molar-refractivity contribution in [1.82, 2.24) is 4.31 Å². The van der Waals surface area contributed by atoms with Gasteiger partial charge in [-0.1, -0.05) is 6.07 Å². The highest BCUT2D eigenvalue weighted by Crippen LogP contribution is 2.21. The number of nitrogens with zero attached hydrogens (tertiary/aromatic N) is 1. The molecule has 0 bridgehead atoms. The van der Waals surface area contributed by atoms with E-state index >= 15 is 0 Å². The van der Waals surface area contributed by atoms with E-state index in [4.69, 9.17) is 4.74 Å². The highest BCUT2D eigenvalue weighted by Gasteiger charge is 2.29. The van der Waals surface area contributed by atoms with E-state index in [0.717, 1.165) is 11.1 Å². The Kier molecular flexibility index (Phi) is 3.75. The first kappa shape index (κ1) is 13.5. The van der Waals surface area contributed by atoms with Crippen molar-refractivity contribution in [2.24, 2.45) is 0 Å². The van der Waals surface area contributed by atoms with Gasteiger partial charge in [0, 0.05) is 13.1 Å². The molecule has 1 saturated heterocycles. The molecule has 1 heterocycles. The Morgan fingerprint density at radius 1 is 1.28 bits per heavy atom.